The van der Waals surface area contributed by atoms with Crippen LogP contribution < -0.4 is 0 Å². The van der Waals surface area contributed by atoms with Crippen LogP contribution in [-0.4, -0.2) is 81.2 Å². The second-order valence-corrected chi connectivity index (χ2v) is 17.6. The molecule has 0 spiro atoms. The van der Waals surface area contributed by atoms with Gasteiger partial charge in [-0.3, -0.25) is 13.8 Å². The van der Waals surface area contributed by atoms with Gasteiger partial charge in [-0.1, -0.05) is 132 Å². The normalized spacial score (nSPS) is 18.0. The molecule has 10 heteroatoms. The molecule has 1 saturated heterocycles. The van der Waals surface area contributed by atoms with Crippen molar-refractivity contribution in [3.63, 3.8) is 0 Å². The summed E-state index contributed by atoms with van der Waals surface area (Å²) >= 11 is 0. The van der Waals surface area contributed by atoms with E-state index in [4.69, 9.17) is 23.3 Å². The number of hydrogen-bond donors (Lipinski definition) is 1. The Bertz CT molecular complexity index is 1260. The molecule has 0 aliphatic carbocycles. The minimum atomic E-state index is -4.29. The quantitative estimate of drug-likeness (QED) is 0.0124. The van der Waals surface area contributed by atoms with Gasteiger partial charge in [-0.05, 0) is 89.5 Å². The van der Waals surface area contributed by atoms with Crippen LogP contribution in [0.1, 0.15) is 149 Å². The number of esters is 1. The Hall–Kier alpha value is -2.52. The molecule has 0 saturated carbocycles. The van der Waals surface area contributed by atoms with Crippen molar-refractivity contribution in [1.82, 2.24) is 0 Å². The van der Waals surface area contributed by atoms with Gasteiger partial charge in [0.1, 0.15) is 19.8 Å². The lowest BCUT2D eigenvalue weighted by atomic mass is 10.1. The van der Waals surface area contributed by atoms with Crippen LogP contribution in [-0.2, 0) is 32.6 Å². The standard InChI is InChI=1S/C48H82NO8P/c1-6-8-10-11-12-13-14-15-16-17-20-23-26-29-32-36-41-53-45(44-56-58(51,52)55-42-40-49(3,4)5)43-54-48(50)39-35-31-28-25-22-19-18-21-24-27-30-34-38-47-46(57-47)37-33-9-7-2/h9,15-16,19,21-22,24,28,30-31,33-34,36,41,45-47H,6-8,10-14,17-18,20,23,25-27,29,32,35,37-40,42-44H2,1-5H3/p+1/b16-15-,22-19-,24-21-,31-28-,33-9-,34-30-,41-36+/t45-,46?,47?/m1/s1. The molecule has 9 nitrogen and oxygen atoms in total. The molecule has 1 aliphatic heterocycles. The van der Waals surface area contributed by atoms with Crippen LogP contribution in [0.5, 0.6) is 0 Å². The van der Waals surface area contributed by atoms with E-state index in [0.29, 0.717) is 29.7 Å². The van der Waals surface area contributed by atoms with Gasteiger partial charge in [-0.15, -0.1) is 0 Å². The van der Waals surface area contributed by atoms with E-state index < -0.39 is 13.9 Å². The Labute approximate surface area is 354 Å². The number of phosphoric acid groups is 1. The van der Waals surface area contributed by atoms with E-state index in [-0.39, 0.29) is 32.2 Å². The van der Waals surface area contributed by atoms with Gasteiger partial charge in [-0.25, -0.2) is 4.57 Å². The molecule has 3 unspecified atom stereocenters. The fraction of sp³-hybridized carbons (Fsp3) is 0.688. The van der Waals surface area contributed by atoms with E-state index in [9.17, 15) is 14.3 Å². The maximum absolute atomic E-state index is 12.5. The van der Waals surface area contributed by atoms with Crippen molar-refractivity contribution in [2.45, 2.75) is 167 Å². The fourth-order valence-electron chi connectivity index (χ4n) is 5.77. The molecule has 1 N–H and O–H groups in total. The van der Waals surface area contributed by atoms with E-state index in [0.717, 1.165) is 64.2 Å². The molecular formula is C48H83NO8P+. The number of allylic oxidation sites excluding steroid dienone is 11. The maximum Gasteiger partial charge on any atom is 0.472 e. The lowest BCUT2D eigenvalue weighted by Crippen LogP contribution is -2.37. The first-order valence-corrected chi connectivity index (χ1v) is 24.0. The first kappa shape index (κ1) is 53.5. The fourth-order valence-corrected chi connectivity index (χ4v) is 6.52. The second-order valence-electron chi connectivity index (χ2n) is 16.1. The van der Waals surface area contributed by atoms with Crippen LogP contribution in [0.4, 0.5) is 0 Å². The summed E-state index contributed by atoms with van der Waals surface area (Å²) in [6, 6.07) is 0. The summed E-state index contributed by atoms with van der Waals surface area (Å²) in [6.45, 7) is 4.66. The van der Waals surface area contributed by atoms with Gasteiger partial charge in [0.05, 0.1) is 46.2 Å². The summed E-state index contributed by atoms with van der Waals surface area (Å²) in [6.07, 6.45) is 52.0. The average molecular weight is 833 g/mol. The minimum absolute atomic E-state index is 0.0702. The summed E-state index contributed by atoms with van der Waals surface area (Å²) in [5, 5.41) is 0. The summed E-state index contributed by atoms with van der Waals surface area (Å²) in [5.41, 5.74) is 0. The Morgan fingerprint density at radius 2 is 1.17 bits per heavy atom. The molecule has 0 amide bonds. The molecule has 0 aromatic carbocycles. The third kappa shape index (κ3) is 36.6. The molecule has 0 aromatic heterocycles. The van der Waals surface area contributed by atoms with Crippen molar-refractivity contribution < 1.29 is 42.0 Å². The number of carbonyl (C=O) groups is 1. The predicted octanol–water partition coefficient (Wildman–Crippen LogP) is 12.6. The zero-order valence-electron chi connectivity index (χ0n) is 37.2. The van der Waals surface area contributed by atoms with Crippen LogP contribution in [0.3, 0.4) is 0 Å². The van der Waals surface area contributed by atoms with Gasteiger partial charge in [0.15, 0.2) is 6.10 Å². The highest BCUT2D eigenvalue weighted by Gasteiger charge is 2.36. The van der Waals surface area contributed by atoms with Crippen LogP contribution in [0, 0.1) is 0 Å². The molecule has 332 valence electrons. The van der Waals surface area contributed by atoms with Gasteiger partial charge in [-0.2, -0.15) is 0 Å². The number of nitrogens with zero attached hydrogens (tertiary/aromatic N) is 1. The van der Waals surface area contributed by atoms with E-state index in [1.165, 1.54) is 57.8 Å². The number of epoxide rings is 1. The van der Waals surface area contributed by atoms with Crippen molar-refractivity contribution >= 4 is 13.8 Å². The topological polar surface area (TPSA) is 104 Å². The van der Waals surface area contributed by atoms with Gasteiger partial charge in [0.2, 0.25) is 0 Å². The third-order valence-electron chi connectivity index (χ3n) is 9.45. The molecule has 0 bridgehead atoms. The first-order chi connectivity index (χ1) is 28.1. The molecule has 0 aromatic rings. The van der Waals surface area contributed by atoms with Crippen molar-refractivity contribution in [3.8, 4) is 0 Å². The highest BCUT2D eigenvalue weighted by atomic mass is 31.2. The third-order valence-corrected chi connectivity index (χ3v) is 10.4. The van der Waals surface area contributed by atoms with Gasteiger partial charge in [0, 0.05) is 6.42 Å². The Kier molecular flexibility index (Phi) is 33.5. The number of quaternary nitrogens is 1. The Morgan fingerprint density at radius 3 is 1.76 bits per heavy atom. The lowest BCUT2D eigenvalue weighted by molar-refractivity contribution is -0.870. The zero-order valence-corrected chi connectivity index (χ0v) is 38.1. The monoisotopic (exact) mass is 833 g/mol. The van der Waals surface area contributed by atoms with Crippen LogP contribution in [0.15, 0.2) is 85.3 Å². The lowest BCUT2D eigenvalue weighted by Gasteiger charge is -2.24. The van der Waals surface area contributed by atoms with E-state index >= 15 is 0 Å². The number of unbranched alkanes of at least 4 members (excludes halogenated alkanes) is 11. The van der Waals surface area contributed by atoms with Gasteiger partial charge >= 0.3 is 13.8 Å². The number of likely N-dealkylation sites (N-methyl/N-ethyl adjacent to an activating group) is 1. The number of ether oxygens (including phenoxy) is 3. The molecule has 1 fully saturated rings. The Balaban J connectivity index is 2.30. The average Bonchev–Trinajstić information content (AvgIpc) is 3.94. The molecular weight excluding hydrogens is 750 g/mol. The summed E-state index contributed by atoms with van der Waals surface area (Å²) in [7, 11) is 1.61. The van der Waals surface area contributed by atoms with E-state index in [1.807, 2.05) is 39.4 Å². The van der Waals surface area contributed by atoms with Crippen molar-refractivity contribution in [2.24, 2.45) is 0 Å². The molecule has 1 rings (SSSR count). The number of hydrogen-bond acceptors (Lipinski definition) is 7. The molecule has 1 aliphatic rings. The highest BCUT2D eigenvalue weighted by Crippen LogP contribution is 2.43. The molecule has 4 atom stereocenters. The summed E-state index contributed by atoms with van der Waals surface area (Å²) < 4.78 is 40.4. The number of carbonyl (C=O) groups excluding carboxylic acids is 1. The van der Waals surface area contributed by atoms with Crippen molar-refractivity contribution in [3.05, 3.63) is 85.3 Å². The van der Waals surface area contributed by atoms with Crippen molar-refractivity contribution in [2.75, 3.05) is 47.5 Å². The minimum Gasteiger partial charge on any atom is -0.492 e. The smallest absolute Gasteiger partial charge is 0.472 e. The van der Waals surface area contributed by atoms with E-state index in [1.54, 1.807) is 6.26 Å². The number of rotatable bonds is 39. The predicted molar refractivity (Wildman–Crippen MR) is 241 cm³/mol. The highest BCUT2D eigenvalue weighted by molar-refractivity contribution is 7.47. The maximum atomic E-state index is 12.5. The number of phosphoric ester groups is 1. The van der Waals surface area contributed by atoms with Crippen molar-refractivity contribution in [1.29, 1.82) is 0 Å². The molecule has 1 heterocycles. The van der Waals surface area contributed by atoms with Crippen LogP contribution in [0.25, 0.3) is 0 Å². The molecule has 0 radical (unpaired) electrons. The summed E-state index contributed by atoms with van der Waals surface area (Å²) in [4.78, 5) is 22.7. The SMILES string of the molecule is CC/C=C\CC1OC1C/C=C\C/C=C\C/C=C\C/C=C\CCC(=O)OC[C@H](COP(=O)(O)OCC[N+](C)(C)C)O/C=C/CCCCCC/C=C\CCCCCCCC. The van der Waals surface area contributed by atoms with Gasteiger partial charge < -0.3 is 23.6 Å². The van der Waals surface area contributed by atoms with E-state index in [2.05, 4.69) is 74.6 Å². The second kappa shape index (κ2) is 36.3. The largest absolute Gasteiger partial charge is 0.492 e. The van der Waals surface area contributed by atoms with Crippen LogP contribution >= 0.6 is 7.82 Å². The zero-order chi connectivity index (χ0) is 42.4. The Morgan fingerprint density at radius 1 is 0.655 bits per heavy atom. The van der Waals surface area contributed by atoms with Crippen LogP contribution in [0.2, 0.25) is 0 Å². The first-order valence-electron chi connectivity index (χ1n) is 22.5. The summed E-state index contributed by atoms with van der Waals surface area (Å²) in [5.74, 6) is -0.366. The molecule has 58 heavy (non-hydrogen) atoms. The van der Waals surface area contributed by atoms with Gasteiger partial charge in [0.25, 0.3) is 0 Å².